The van der Waals surface area contributed by atoms with Gasteiger partial charge in [-0.1, -0.05) is 60.7 Å². The molecule has 32 heavy (non-hydrogen) atoms. The molecule has 7 heteroatoms. The van der Waals surface area contributed by atoms with Gasteiger partial charge in [0, 0.05) is 24.0 Å². The molecule has 0 aliphatic heterocycles. The molecule has 7 nitrogen and oxygen atoms in total. The fourth-order valence-electron chi connectivity index (χ4n) is 4.47. The second kappa shape index (κ2) is 9.01. The molecular weight excluding hydrogens is 410 g/mol. The Bertz CT molecular complexity index is 1070. The lowest BCUT2D eigenvalue weighted by molar-refractivity contribution is -0.384. The van der Waals surface area contributed by atoms with Gasteiger partial charge < -0.3 is 9.47 Å². The third-order valence-corrected chi connectivity index (χ3v) is 5.93. The summed E-state index contributed by atoms with van der Waals surface area (Å²) < 4.78 is 10.7. The molecule has 162 valence electrons. The van der Waals surface area contributed by atoms with Crippen LogP contribution in [0.2, 0.25) is 0 Å². The van der Waals surface area contributed by atoms with Crippen LogP contribution in [0.1, 0.15) is 23.0 Å². The summed E-state index contributed by atoms with van der Waals surface area (Å²) in [6.45, 7) is 0. The van der Waals surface area contributed by atoms with Gasteiger partial charge in [0.2, 0.25) is 0 Å². The molecule has 4 rings (SSSR count). The average molecular weight is 431 g/mol. The minimum absolute atomic E-state index is 0.0940. The zero-order chi connectivity index (χ0) is 22.7. The van der Waals surface area contributed by atoms with Crippen LogP contribution in [0, 0.1) is 22.0 Å². The Morgan fingerprint density at radius 3 is 1.66 bits per heavy atom. The van der Waals surface area contributed by atoms with Crippen molar-refractivity contribution in [2.75, 3.05) is 7.11 Å². The number of ether oxygens (including phenoxy) is 2. The van der Waals surface area contributed by atoms with Gasteiger partial charge in [-0.2, -0.15) is 0 Å². The van der Waals surface area contributed by atoms with E-state index in [9.17, 15) is 19.7 Å². The molecule has 0 heterocycles. The molecule has 1 aliphatic rings. The smallest absolute Gasteiger partial charge is 0.315 e. The van der Waals surface area contributed by atoms with Crippen LogP contribution in [0.5, 0.6) is 5.75 Å². The lowest BCUT2D eigenvalue weighted by Crippen LogP contribution is -2.52. The lowest BCUT2D eigenvalue weighted by atomic mass is 9.52. The topological polar surface area (TPSA) is 95.7 Å². The maximum Gasteiger partial charge on any atom is 0.315 e. The van der Waals surface area contributed by atoms with Crippen LogP contribution in [0.25, 0.3) is 0 Å². The molecule has 2 atom stereocenters. The van der Waals surface area contributed by atoms with Crippen molar-refractivity contribution in [1.82, 2.24) is 0 Å². The molecule has 1 saturated carbocycles. The lowest BCUT2D eigenvalue weighted by Gasteiger charge is -2.49. The van der Waals surface area contributed by atoms with Crippen molar-refractivity contribution >= 4 is 17.6 Å². The van der Waals surface area contributed by atoms with E-state index in [4.69, 9.17) is 9.47 Å². The van der Waals surface area contributed by atoms with E-state index >= 15 is 0 Å². The van der Waals surface area contributed by atoms with Crippen molar-refractivity contribution in [2.24, 2.45) is 11.8 Å². The molecule has 0 bridgehead atoms. The summed E-state index contributed by atoms with van der Waals surface area (Å²) in [5.41, 5.74) is 1.60. The van der Waals surface area contributed by atoms with Crippen LogP contribution < -0.4 is 4.74 Å². The number of carbonyl (C=O) groups excluding carboxylic acids is 2. The Morgan fingerprint density at radius 2 is 1.22 bits per heavy atom. The maximum atomic E-state index is 13.3. The largest absolute Gasteiger partial charge is 0.469 e. The SMILES string of the molecule is COC(=O)C1C(c2ccccc2)C(C(=O)Oc2ccc([N+](=O)[O-])cc2)C1c1ccccc1. The molecule has 0 amide bonds. The zero-order valence-electron chi connectivity index (χ0n) is 17.3. The quantitative estimate of drug-likeness (QED) is 0.247. The second-order valence-electron chi connectivity index (χ2n) is 7.62. The van der Waals surface area contributed by atoms with Gasteiger partial charge in [0.05, 0.1) is 23.9 Å². The second-order valence-corrected chi connectivity index (χ2v) is 7.62. The van der Waals surface area contributed by atoms with E-state index < -0.39 is 34.6 Å². The number of non-ortho nitro benzene ring substituents is 1. The van der Waals surface area contributed by atoms with Crippen LogP contribution in [-0.4, -0.2) is 24.0 Å². The first-order chi connectivity index (χ1) is 15.5. The highest BCUT2D eigenvalue weighted by atomic mass is 16.6. The predicted octanol–water partition coefficient (Wildman–Crippen LogP) is 4.49. The van der Waals surface area contributed by atoms with E-state index in [1.165, 1.54) is 31.4 Å². The summed E-state index contributed by atoms with van der Waals surface area (Å²) in [7, 11) is 1.34. The van der Waals surface area contributed by atoms with Gasteiger partial charge in [-0.05, 0) is 23.3 Å². The van der Waals surface area contributed by atoms with Gasteiger partial charge in [0.15, 0.2) is 0 Å². The number of rotatable bonds is 6. The summed E-state index contributed by atoms with van der Waals surface area (Å²) in [4.78, 5) is 36.4. The molecule has 0 N–H and O–H groups in total. The number of nitro benzene ring substituents is 1. The normalized spacial score (nSPS) is 21.8. The summed E-state index contributed by atoms with van der Waals surface area (Å²) in [5.74, 6) is -2.67. The van der Waals surface area contributed by atoms with Crippen LogP contribution in [0.3, 0.4) is 0 Å². The molecule has 1 fully saturated rings. The van der Waals surface area contributed by atoms with Gasteiger partial charge in [-0.25, -0.2) is 0 Å². The zero-order valence-corrected chi connectivity index (χ0v) is 17.3. The minimum Gasteiger partial charge on any atom is -0.469 e. The summed E-state index contributed by atoms with van der Waals surface area (Å²) >= 11 is 0. The van der Waals surface area contributed by atoms with Gasteiger partial charge in [0.1, 0.15) is 5.75 Å². The molecule has 1 aliphatic carbocycles. The first-order valence-electron chi connectivity index (χ1n) is 10.1. The molecule has 0 spiro atoms. The number of esters is 2. The van der Waals surface area contributed by atoms with E-state index in [0.717, 1.165) is 11.1 Å². The third kappa shape index (κ3) is 3.97. The van der Waals surface area contributed by atoms with Crippen LogP contribution in [0.4, 0.5) is 5.69 Å². The number of nitrogens with zero attached hydrogens (tertiary/aromatic N) is 1. The fourth-order valence-corrected chi connectivity index (χ4v) is 4.47. The van der Waals surface area contributed by atoms with Gasteiger partial charge >= 0.3 is 11.9 Å². The summed E-state index contributed by atoms with van der Waals surface area (Å²) in [6, 6.07) is 24.1. The molecule has 0 aromatic heterocycles. The van der Waals surface area contributed by atoms with Crippen molar-refractivity contribution in [3.63, 3.8) is 0 Å². The minimum atomic E-state index is -0.626. The van der Waals surface area contributed by atoms with Crippen molar-refractivity contribution in [1.29, 1.82) is 0 Å². The number of benzene rings is 3. The Labute approximate surface area is 184 Å². The summed E-state index contributed by atoms with van der Waals surface area (Å²) in [5, 5.41) is 10.9. The first-order valence-corrected chi connectivity index (χ1v) is 10.1. The van der Waals surface area contributed by atoms with E-state index in [0.29, 0.717) is 0 Å². The number of hydrogen-bond acceptors (Lipinski definition) is 6. The number of nitro groups is 1. The molecule has 2 unspecified atom stereocenters. The number of carbonyl (C=O) groups is 2. The van der Waals surface area contributed by atoms with E-state index in [-0.39, 0.29) is 17.4 Å². The highest BCUT2D eigenvalue weighted by Gasteiger charge is 2.59. The molecule has 0 radical (unpaired) electrons. The Balaban J connectivity index is 1.70. The molecule has 3 aromatic carbocycles. The van der Waals surface area contributed by atoms with Crippen LogP contribution >= 0.6 is 0 Å². The van der Waals surface area contributed by atoms with Crippen LogP contribution in [-0.2, 0) is 14.3 Å². The monoisotopic (exact) mass is 431 g/mol. The van der Waals surface area contributed by atoms with E-state index in [1.807, 2.05) is 60.7 Å². The van der Waals surface area contributed by atoms with E-state index in [1.54, 1.807) is 0 Å². The standard InChI is InChI=1S/C25H21NO6/c1-31-24(27)22-20(16-8-4-2-5-9-16)23(21(22)17-10-6-3-7-11-17)25(28)32-19-14-12-18(13-15-19)26(29)30/h2-15,20-23H,1H3. The predicted molar refractivity (Wildman–Crippen MR) is 116 cm³/mol. The highest BCUT2D eigenvalue weighted by Crippen LogP contribution is 2.58. The van der Waals surface area contributed by atoms with Crippen molar-refractivity contribution < 1.29 is 24.0 Å². The Kier molecular flexibility index (Phi) is 5.98. The third-order valence-electron chi connectivity index (χ3n) is 5.93. The van der Waals surface area contributed by atoms with Gasteiger partial charge in [-0.15, -0.1) is 0 Å². The van der Waals surface area contributed by atoms with Gasteiger partial charge in [0.25, 0.3) is 5.69 Å². The van der Waals surface area contributed by atoms with E-state index in [2.05, 4.69) is 0 Å². The fraction of sp³-hybridized carbons (Fsp3) is 0.200. The highest BCUT2D eigenvalue weighted by molar-refractivity contribution is 5.86. The number of methoxy groups -OCH3 is 1. The van der Waals surface area contributed by atoms with Crippen molar-refractivity contribution in [3.05, 3.63) is 106 Å². The van der Waals surface area contributed by atoms with Gasteiger partial charge in [-0.3, -0.25) is 19.7 Å². The maximum absolute atomic E-state index is 13.3. The average Bonchev–Trinajstić information content (AvgIpc) is 2.80. The number of hydrogen-bond donors (Lipinski definition) is 0. The molecule has 3 aromatic rings. The Hall–Kier alpha value is -4.00. The van der Waals surface area contributed by atoms with Crippen molar-refractivity contribution in [3.8, 4) is 5.75 Å². The Morgan fingerprint density at radius 1 is 0.750 bits per heavy atom. The molecule has 0 saturated heterocycles. The summed E-state index contributed by atoms with van der Waals surface area (Å²) in [6.07, 6.45) is 0. The first kappa shape index (κ1) is 21.2. The molecular formula is C25H21NO6. The van der Waals surface area contributed by atoms with Crippen LogP contribution in [0.15, 0.2) is 84.9 Å². The van der Waals surface area contributed by atoms with Crippen molar-refractivity contribution in [2.45, 2.75) is 11.8 Å².